The Kier molecular flexibility index (Phi) is 4.12. The lowest BCUT2D eigenvalue weighted by Crippen LogP contribution is -2.35. The lowest BCUT2D eigenvalue weighted by Gasteiger charge is -2.10. The molecule has 0 saturated carbocycles. The Morgan fingerprint density at radius 3 is 2.46 bits per heavy atom. The Labute approximate surface area is 140 Å². The molecule has 0 bridgehead atoms. The fourth-order valence-corrected chi connectivity index (χ4v) is 2.70. The summed E-state index contributed by atoms with van der Waals surface area (Å²) in [4.78, 5) is 0. The van der Waals surface area contributed by atoms with Gasteiger partial charge in [0.25, 0.3) is 0 Å². The average Bonchev–Trinajstić information content (AvgIpc) is 3.06. The smallest absolute Gasteiger partial charge is 0.214 e. The number of H-pyrrole nitrogens is 1. The van der Waals surface area contributed by atoms with Crippen LogP contribution in [-0.2, 0) is 0 Å². The molecular weight excluding hydrogens is 304 g/mol. The van der Waals surface area contributed by atoms with E-state index in [-0.39, 0.29) is 0 Å². The summed E-state index contributed by atoms with van der Waals surface area (Å²) in [7, 11) is 3.28. The summed E-state index contributed by atoms with van der Waals surface area (Å²) in [5, 5.41) is 7.19. The molecule has 0 spiro atoms. The highest BCUT2D eigenvalue weighted by molar-refractivity contribution is 5.66. The standard InChI is InChI=1S/C18H20N4O2/c1-11-7-14(9-18(24-4)12(11)2)22-16(10-20-21-22)13-5-6-17(23-3)15(19)8-13/h5-10H,19H2,1-4H3/p+1. The largest absolute Gasteiger partial charge is 0.496 e. The van der Waals surface area contributed by atoms with Crippen molar-refractivity contribution in [1.29, 1.82) is 0 Å². The first-order valence-corrected chi connectivity index (χ1v) is 7.60. The lowest BCUT2D eigenvalue weighted by molar-refractivity contribution is -0.648. The van der Waals surface area contributed by atoms with Gasteiger partial charge in [0.1, 0.15) is 11.5 Å². The number of rotatable bonds is 4. The molecule has 124 valence electrons. The molecule has 3 N–H and O–H groups in total. The first-order chi connectivity index (χ1) is 11.5. The van der Waals surface area contributed by atoms with Crippen molar-refractivity contribution in [3.63, 3.8) is 0 Å². The van der Waals surface area contributed by atoms with Gasteiger partial charge in [0, 0.05) is 16.7 Å². The van der Waals surface area contributed by atoms with Crippen LogP contribution in [0.5, 0.6) is 11.5 Å². The fourth-order valence-electron chi connectivity index (χ4n) is 2.70. The molecule has 0 radical (unpaired) electrons. The molecule has 0 amide bonds. The van der Waals surface area contributed by atoms with Gasteiger partial charge in [0.15, 0.2) is 5.69 Å². The van der Waals surface area contributed by atoms with E-state index in [0.717, 1.165) is 33.8 Å². The molecule has 2 aromatic carbocycles. The zero-order valence-electron chi connectivity index (χ0n) is 14.3. The third-order valence-electron chi connectivity index (χ3n) is 4.19. The molecule has 6 heteroatoms. The van der Waals surface area contributed by atoms with Crippen LogP contribution in [0.2, 0.25) is 0 Å². The minimum Gasteiger partial charge on any atom is -0.496 e. The van der Waals surface area contributed by atoms with Gasteiger partial charge < -0.3 is 15.2 Å². The van der Waals surface area contributed by atoms with Crippen LogP contribution in [-0.4, -0.2) is 24.5 Å². The molecule has 0 unspecified atom stereocenters. The second-order valence-corrected chi connectivity index (χ2v) is 5.63. The molecule has 0 atom stereocenters. The second-order valence-electron chi connectivity index (χ2n) is 5.63. The highest BCUT2D eigenvalue weighted by atomic mass is 16.5. The quantitative estimate of drug-likeness (QED) is 0.571. The van der Waals surface area contributed by atoms with Crippen molar-refractivity contribution in [2.75, 3.05) is 20.0 Å². The van der Waals surface area contributed by atoms with Crippen LogP contribution in [0.4, 0.5) is 5.69 Å². The van der Waals surface area contributed by atoms with Crippen molar-refractivity contribution < 1.29 is 14.2 Å². The maximum absolute atomic E-state index is 6.03. The van der Waals surface area contributed by atoms with Crippen molar-refractivity contribution >= 4 is 5.69 Å². The summed E-state index contributed by atoms with van der Waals surface area (Å²) in [5.74, 6) is 1.49. The molecule has 24 heavy (non-hydrogen) atoms. The van der Waals surface area contributed by atoms with Crippen LogP contribution in [0.25, 0.3) is 16.9 Å². The van der Waals surface area contributed by atoms with E-state index in [2.05, 4.69) is 23.3 Å². The number of aryl methyl sites for hydroxylation is 1. The molecule has 6 nitrogen and oxygen atoms in total. The van der Waals surface area contributed by atoms with Crippen LogP contribution in [0, 0.1) is 13.8 Å². The van der Waals surface area contributed by atoms with Gasteiger partial charge >= 0.3 is 0 Å². The molecule has 1 aromatic heterocycles. The van der Waals surface area contributed by atoms with Crippen molar-refractivity contribution in [2.45, 2.75) is 13.8 Å². The molecule has 3 aromatic rings. The Morgan fingerprint density at radius 1 is 1.04 bits per heavy atom. The number of methoxy groups -OCH3 is 2. The van der Waals surface area contributed by atoms with Crippen molar-refractivity contribution in [2.24, 2.45) is 0 Å². The molecule has 0 saturated heterocycles. The molecular formula is C18H21N4O2+. The highest BCUT2D eigenvalue weighted by Gasteiger charge is 2.19. The summed E-state index contributed by atoms with van der Waals surface area (Å²) in [5.41, 5.74) is 11.7. The molecule has 3 rings (SSSR count). The number of ether oxygens (including phenoxy) is 2. The van der Waals surface area contributed by atoms with Gasteiger partial charge in [0.05, 0.1) is 19.9 Å². The highest BCUT2D eigenvalue weighted by Crippen LogP contribution is 2.28. The van der Waals surface area contributed by atoms with E-state index in [1.54, 1.807) is 20.4 Å². The second kappa shape index (κ2) is 6.23. The van der Waals surface area contributed by atoms with Gasteiger partial charge in [-0.2, -0.15) is 0 Å². The van der Waals surface area contributed by atoms with E-state index < -0.39 is 0 Å². The normalized spacial score (nSPS) is 10.7. The van der Waals surface area contributed by atoms with Gasteiger partial charge in [-0.15, -0.1) is 4.68 Å². The molecule has 0 fully saturated rings. The van der Waals surface area contributed by atoms with Crippen molar-refractivity contribution in [3.05, 3.63) is 47.7 Å². The first-order valence-electron chi connectivity index (χ1n) is 7.60. The number of anilines is 1. The number of benzene rings is 2. The molecule has 1 heterocycles. The van der Waals surface area contributed by atoms with Crippen LogP contribution >= 0.6 is 0 Å². The fraction of sp³-hybridized carbons (Fsp3) is 0.222. The topological polar surface area (TPSA) is 77.0 Å². The van der Waals surface area contributed by atoms with E-state index >= 15 is 0 Å². The first kappa shape index (κ1) is 15.9. The van der Waals surface area contributed by atoms with E-state index in [1.165, 1.54) is 0 Å². The van der Waals surface area contributed by atoms with E-state index in [1.807, 2.05) is 35.9 Å². The van der Waals surface area contributed by atoms with Crippen LogP contribution < -0.4 is 19.9 Å². The van der Waals surface area contributed by atoms with E-state index in [9.17, 15) is 0 Å². The predicted octanol–water partition coefficient (Wildman–Crippen LogP) is 2.57. The Hall–Kier alpha value is -3.02. The Bertz CT molecular complexity index is 887. The number of nitrogen functional groups attached to an aromatic ring is 1. The van der Waals surface area contributed by atoms with Crippen LogP contribution in [0.1, 0.15) is 11.1 Å². The van der Waals surface area contributed by atoms with Gasteiger partial charge in [-0.1, -0.05) is 5.21 Å². The predicted molar refractivity (Wildman–Crippen MR) is 92.5 cm³/mol. The van der Waals surface area contributed by atoms with E-state index in [4.69, 9.17) is 15.2 Å². The molecule has 0 aliphatic rings. The minimum atomic E-state index is 0.584. The zero-order valence-corrected chi connectivity index (χ0v) is 14.3. The number of aromatic amines is 1. The Balaban J connectivity index is 2.12. The summed E-state index contributed by atoms with van der Waals surface area (Å²) in [6.07, 6.45) is 1.77. The maximum atomic E-state index is 6.03. The van der Waals surface area contributed by atoms with Crippen molar-refractivity contribution in [1.82, 2.24) is 10.3 Å². The van der Waals surface area contributed by atoms with Crippen LogP contribution in [0.15, 0.2) is 36.5 Å². The number of aromatic nitrogens is 3. The van der Waals surface area contributed by atoms with E-state index in [0.29, 0.717) is 11.4 Å². The number of hydrogen-bond acceptors (Lipinski definition) is 4. The van der Waals surface area contributed by atoms with Gasteiger partial charge in [-0.3, -0.25) is 0 Å². The van der Waals surface area contributed by atoms with Crippen LogP contribution in [0.3, 0.4) is 0 Å². The number of nitrogens with one attached hydrogen (secondary N) is 1. The van der Waals surface area contributed by atoms with Gasteiger partial charge in [-0.05, 0) is 49.2 Å². The number of hydrogen-bond donors (Lipinski definition) is 2. The third-order valence-corrected chi connectivity index (χ3v) is 4.19. The average molecular weight is 325 g/mol. The maximum Gasteiger partial charge on any atom is 0.214 e. The summed E-state index contributed by atoms with van der Waals surface area (Å²) in [6.45, 7) is 4.10. The minimum absolute atomic E-state index is 0.584. The van der Waals surface area contributed by atoms with Gasteiger partial charge in [0.2, 0.25) is 11.9 Å². The number of nitrogens with zero attached hydrogens (tertiary/aromatic N) is 2. The summed E-state index contributed by atoms with van der Waals surface area (Å²) < 4.78 is 12.6. The third kappa shape index (κ3) is 2.67. The van der Waals surface area contributed by atoms with Crippen molar-refractivity contribution in [3.8, 4) is 28.4 Å². The molecule has 0 aliphatic heterocycles. The zero-order chi connectivity index (χ0) is 17.3. The lowest BCUT2D eigenvalue weighted by atomic mass is 10.1. The SMILES string of the molecule is COc1ccc(-c2cn[nH][n+]2-c2cc(C)c(C)c(OC)c2)cc1N. The Morgan fingerprint density at radius 2 is 1.79 bits per heavy atom. The summed E-state index contributed by atoms with van der Waals surface area (Å²) in [6, 6.07) is 9.75. The number of nitrogens with two attached hydrogens (primary N) is 1. The molecule has 0 aliphatic carbocycles. The monoisotopic (exact) mass is 325 g/mol. The summed E-state index contributed by atoms with van der Waals surface area (Å²) >= 11 is 0. The van der Waals surface area contributed by atoms with Gasteiger partial charge in [-0.25, -0.2) is 0 Å².